The molecule has 0 amide bonds. The van der Waals surface area contributed by atoms with Crippen LogP contribution in [0.2, 0.25) is 5.02 Å². The number of halogens is 2. The van der Waals surface area contributed by atoms with Gasteiger partial charge in [0.1, 0.15) is 0 Å². The highest BCUT2D eigenvalue weighted by Gasteiger charge is 2.04. The summed E-state index contributed by atoms with van der Waals surface area (Å²) in [5.74, 6) is 0. The molecule has 0 aliphatic rings. The minimum Gasteiger partial charge on any atom is -0.380 e. The van der Waals surface area contributed by atoms with Crippen LogP contribution in [-0.4, -0.2) is 6.04 Å². The first-order valence-corrected chi connectivity index (χ1v) is 5.67. The van der Waals surface area contributed by atoms with Crippen LogP contribution in [-0.2, 0) is 0 Å². The Morgan fingerprint density at radius 3 is 3.00 bits per heavy atom. The second kappa shape index (κ2) is 5.42. The molecule has 0 aromatic heterocycles. The van der Waals surface area contributed by atoms with E-state index < -0.39 is 0 Å². The Balaban J connectivity index is 2.76. The lowest BCUT2D eigenvalue weighted by molar-refractivity contribution is 0.821. The van der Waals surface area contributed by atoms with Crippen molar-refractivity contribution in [3.05, 3.63) is 26.8 Å². The molecule has 0 aliphatic carbocycles. The van der Waals surface area contributed by atoms with Crippen LogP contribution >= 0.6 is 34.2 Å². The van der Waals surface area contributed by atoms with Gasteiger partial charge in [0.25, 0.3) is 0 Å². The summed E-state index contributed by atoms with van der Waals surface area (Å²) in [4.78, 5) is 0. The van der Waals surface area contributed by atoms with Crippen LogP contribution in [0.25, 0.3) is 0 Å². The molecule has 1 unspecified atom stereocenters. The monoisotopic (exact) mass is 320 g/mol. The highest BCUT2D eigenvalue weighted by molar-refractivity contribution is 14.1. The zero-order valence-electron chi connectivity index (χ0n) is 7.72. The lowest BCUT2D eigenvalue weighted by Crippen LogP contribution is -2.14. The first-order chi connectivity index (χ1) is 6.63. The minimum atomic E-state index is 0.121. The van der Waals surface area contributed by atoms with Crippen LogP contribution in [0.5, 0.6) is 0 Å². The third kappa shape index (κ3) is 3.35. The molecular formula is C10H10ClIN2. The molecule has 0 saturated heterocycles. The van der Waals surface area contributed by atoms with E-state index in [1.54, 1.807) is 0 Å². The summed E-state index contributed by atoms with van der Waals surface area (Å²) in [6.07, 6.45) is 0.474. The predicted octanol–water partition coefficient (Wildman–Crippen LogP) is 3.66. The Kier molecular flexibility index (Phi) is 4.49. The molecule has 0 aliphatic heterocycles. The Bertz CT molecular complexity index is 360. The Hall–Kier alpha value is -0.470. The molecule has 1 atom stereocenters. The summed E-state index contributed by atoms with van der Waals surface area (Å²) in [5, 5.41) is 12.4. The van der Waals surface area contributed by atoms with Crippen LogP contribution in [0.4, 0.5) is 5.69 Å². The van der Waals surface area contributed by atoms with Crippen LogP contribution in [0.15, 0.2) is 18.2 Å². The summed E-state index contributed by atoms with van der Waals surface area (Å²) in [7, 11) is 0. The maximum Gasteiger partial charge on any atom is 0.0643 e. The number of benzene rings is 1. The molecule has 74 valence electrons. The number of nitrogens with zero attached hydrogens (tertiary/aromatic N) is 1. The van der Waals surface area contributed by atoms with Crippen molar-refractivity contribution in [1.29, 1.82) is 5.26 Å². The SMILES string of the molecule is CC(CC#N)Nc1cc(I)ccc1Cl. The van der Waals surface area contributed by atoms with E-state index in [2.05, 4.69) is 34.0 Å². The zero-order valence-corrected chi connectivity index (χ0v) is 10.6. The molecule has 1 rings (SSSR count). The van der Waals surface area contributed by atoms with E-state index in [0.29, 0.717) is 11.4 Å². The first kappa shape index (κ1) is 11.6. The summed E-state index contributed by atoms with van der Waals surface area (Å²) in [6.45, 7) is 1.96. The Morgan fingerprint density at radius 1 is 1.64 bits per heavy atom. The molecule has 0 heterocycles. The lowest BCUT2D eigenvalue weighted by atomic mass is 10.2. The number of hydrogen-bond acceptors (Lipinski definition) is 2. The van der Waals surface area contributed by atoms with Crippen molar-refractivity contribution in [3.8, 4) is 6.07 Å². The highest BCUT2D eigenvalue weighted by atomic mass is 127. The smallest absolute Gasteiger partial charge is 0.0643 e. The Morgan fingerprint density at radius 2 is 2.36 bits per heavy atom. The van der Waals surface area contributed by atoms with Gasteiger partial charge in [0, 0.05) is 9.61 Å². The van der Waals surface area contributed by atoms with Gasteiger partial charge in [-0.1, -0.05) is 11.6 Å². The van der Waals surface area contributed by atoms with Crippen LogP contribution in [0.3, 0.4) is 0 Å². The van der Waals surface area contributed by atoms with E-state index >= 15 is 0 Å². The number of anilines is 1. The average Bonchev–Trinajstić information content (AvgIpc) is 2.12. The molecular weight excluding hydrogens is 310 g/mol. The van der Waals surface area contributed by atoms with Gasteiger partial charge < -0.3 is 5.32 Å². The summed E-state index contributed by atoms with van der Waals surface area (Å²) in [6, 6.07) is 8.00. The molecule has 0 radical (unpaired) electrons. The normalized spacial score (nSPS) is 11.9. The molecule has 2 nitrogen and oxygen atoms in total. The zero-order chi connectivity index (χ0) is 10.6. The van der Waals surface area contributed by atoms with Gasteiger partial charge >= 0.3 is 0 Å². The first-order valence-electron chi connectivity index (χ1n) is 4.22. The molecule has 0 fully saturated rings. The van der Waals surface area contributed by atoms with Gasteiger partial charge in [-0.3, -0.25) is 0 Å². The molecule has 0 spiro atoms. The molecule has 0 saturated carbocycles. The molecule has 1 N–H and O–H groups in total. The van der Waals surface area contributed by atoms with Crippen molar-refractivity contribution >= 4 is 39.9 Å². The van der Waals surface area contributed by atoms with Crippen LogP contribution in [0.1, 0.15) is 13.3 Å². The molecule has 4 heteroatoms. The van der Waals surface area contributed by atoms with Crippen LogP contribution in [0, 0.1) is 14.9 Å². The third-order valence-corrected chi connectivity index (χ3v) is 2.73. The summed E-state index contributed by atoms with van der Waals surface area (Å²) in [5.41, 5.74) is 0.890. The molecule has 1 aromatic rings. The third-order valence-electron chi connectivity index (χ3n) is 1.73. The van der Waals surface area contributed by atoms with Crippen molar-refractivity contribution in [2.45, 2.75) is 19.4 Å². The van der Waals surface area contributed by atoms with Crippen molar-refractivity contribution in [1.82, 2.24) is 0 Å². The maximum absolute atomic E-state index is 8.51. The second-order valence-electron chi connectivity index (χ2n) is 3.03. The second-order valence-corrected chi connectivity index (χ2v) is 4.68. The fourth-order valence-corrected chi connectivity index (χ4v) is 1.72. The fraction of sp³-hybridized carbons (Fsp3) is 0.300. The summed E-state index contributed by atoms with van der Waals surface area (Å²) < 4.78 is 1.12. The standard InChI is InChI=1S/C10H10ClIN2/c1-7(4-5-13)14-10-6-8(12)2-3-9(10)11/h2-3,6-7,14H,4H2,1H3. The predicted molar refractivity (Wildman–Crippen MR) is 67.5 cm³/mol. The highest BCUT2D eigenvalue weighted by Crippen LogP contribution is 2.24. The maximum atomic E-state index is 8.51. The van der Waals surface area contributed by atoms with Crippen molar-refractivity contribution < 1.29 is 0 Å². The number of hydrogen-bond donors (Lipinski definition) is 1. The van der Waals surface area contributed by atoms with Crippen LogP contribution < -0.4 is 5.32 Å². The van der Waals surface area contributed by atoms with Gasteiger partial charge in [0.05, 0.1) is 23.2 Å². The average molecular weight is 321 g/mol. The number of nitrogens with one attached hydrogen (secondary N) is 1. The largest absolute Gasteiger partial charge is 0.380 e. The van der Waals surface area contributed by atoms with E-state index in [4.69, 9.17) is 16.9 Å². The number of nitriles is 1. The Labute approximate surface area is 102 Å². The summed E-state index contributed by atoms with van der Waals surface area (Å²) >= 11 is 8.22. The van der Waals surface area contributed by atoms with Gasteiger partial charge in [-0.05, 0) is 47.7 Å². The topological polar surface area (TPSA) is 35.8 Å². The number of rotatable bonds is 3. The van der Waals surface area contributed by atoms with Gasteiger partial charge in [-0.2, -0.15) is 5.26 Å². The van der Waals surface area contributed by atoms with Gasteiger partial charge in [-0.15, -0.1) is 0 Å². The molecule has 14 heavy (non-hydrogen) atoms. The van der Waals surface area contributed by atoms with Gasteiger partial charge in [0.2, 0.25) is 0 Å². The van der Waals surface area contributed by atoms with Crippen molar-refractivity contribution in [2.24, 2.45) is 0 Å². The van der Waals surface area contributed by atoms with E-state index in [1.807, 2.05) is 25.1 Å². The quantitative estimate of drug-likeness (QED) is 0.863. The molecule has 0 bridgehead atoms. The molecule has 1 aromatic carbocycles. The van der Waals surface area contributed by atoms with Crippen molar-refractivity contribution in [3.63, 3.8) is 0 Å². The van der Waals surface area contributed by atoms with E-state index in [9.17, 15) is 0 Å². The minimum absolute atomic E-state index is 0.121. The lowest BCUT2D eigenvalue weighted by Gasteiger charge is -2.13. The van der Waals surface area contributed by atoms with Crippen molar-refractivity contribution in [2.75, 3.05) is 5.32 Å². The van der Waals surface area contributed by atoms with E-state index in [1.165, 1.54) is 0 Å². The van der Waals surface area contributed by atoms with Gasteiger partial charge in [0.15, 0.2) is 0 Å². The fourth-order valence-electron chi connectivity index (χ4n) is 1.06. The van der Waals surface area contributed by atoms with Gasteiger partial charge in [-0.25, -0.2) is 0 Å². The van der Waals surface area contributed by atoms with E-state index in [0.717, 1.165) is 9.26 Å². The van der Waals surface area contributed by atoms with E-state index in [-0.39, 0.29) is 6.04 Å².